The summed E-state index contributed by atoms with van der Waals surface area (Å²) in [6.45, 7) is 1.24. The third kappa shape index (κ3) is 3.98. The second-order valence-corrected chi connectivity index (χ2v) is 7.02. The maximum Gasteiger partial charge on any atom is 0.251 e. The van der Waals surface area contributed by atoms with E-state index in [4.69, 9.17) is 0 Å². The lowest BCUT2D eigenvalue weighted by molar-refractivity contribution is -0.128. The topological polar surface area (TPSA) is 54.3 Å². The van der Waals surface area contributed by atoms with Crippen molar-refractivity contribution in [3.8, 4) is 5.69 Å². The number of hydrogen-bond acceptors (Lipinski definition) is 2. The Bertz CT molecular complexity index is 951. The van der Waals surface area contributed by atoms with E-state index in [-0.39, 0.29) is 17.9 Å². The number of hydrogen-bond donors (Lipinski definition) is 1. The fourth-order valence-electron chi connectivity index (χ4n) is 3.59. The highest BCUT2D eigenvalue weighted by Gasteiger charge is 2.25. The minimum Gasteiger partial charge on any atom is -0.343 e. The number of carbonyl (C=O) groups excluding carboxylic acids is 2. The number of nitrogens with one attached hydrogen (secondary N) is 1. The fraction of sp³-hybridized carbons (Fsp3) is 0.217. The molecule has 1 fully saturated rings. The van der Waals surface area contributed by atoms with Gasteiger partial charge in [-0.3, -0.25) is 9.59 Å². The maximum atomic E-state index is 13.0. The maximum absolute atomic E-state index is 13.0. The first kappa shape index (κ1) is 18.0. The van der Waals surface area contributed by atoms with Crippen LogP contribution >= 0.6 is 0 Å². The largest absolute Gasteiger partial charge is 0.343 e. The first-order valence-corrected chi connectivity index (χ1v) is 9.58. The van der Waals surface area contributed by atoms with Gasteiger partial charge in [0.05, 0.1) is 6.04 Å². The van der Waals surface area contributed by atoms with Crippen LogP contribution in [-0.4, -0.2) is 34.4 Å². The zero-order valence-corrected chi connectivity index (χ0v) is 15.6. The second kappa shape index (κ2) is 8.13. The standard InChI is InChI=1S/C23H23N3O2/c27-22-12-7-15-26(22)17-21(18-8-2-1-3-9-18)24-23(28)19-10-6-11-20(16-19)25-13-4-5-14-25/h1-6,8-11,13-14,16,21H,7,12,15,17H2,(H,24,28). The van der Waals surface area contributed by atoms with Crippen LogP contribution in [0.3, 0.4) is 0 Å². The predicted molar refractivity (Wildman–Crippen MR) is 108 cm³/mol. The van der Waals surface area contributed by atoms with E-state index in [1.807, 2.05) is 88.6 Å². The van der Waals surface area contributed by atoms with Gasteiger partial charge in [0.25, 0.3) is 5.91 Å². The predicted octanol–water partition coefficient (Wildman–Crippen LogP) is 3.57. The second-order valence-electron chi connectivity index (χ2n) is 7.02. The Labute approximate surface area is 164 Å². The van der Waals surface area contributed by atoms with E-state index in [0.29, 0.717) is 18.5 Å². The van der Waals surface area contributed by atoms with Crippen molar-refractivity contribution in [3.05, 3.63) is 90.3 Å². The van der Waals surface area contributed by atoms with E-state index in [1.54, 1.807) is 0 Å². The van der Waals surface area contributed by atoms with Crippen molar-refractivity contribution in [2.75, 3.05) is 13.1 Å². The molecule has 2 amide bonds. The normalized spacial score (nSPS) is 14.9. The Morgan fingerprint density at radius 2 is 1.79 bits per heavy atom. The molecule has 1 unspecified atom stereocenters. The van der Waals surface area contributed by atoms with Gasteiger partial charge in [-0.05, 0) is 42.3 Å². The molecule has 1 aromatic heterocycles. The molecule has 0 radical (unpaired) electrons. The summed E-state index contributed by atoms with van der Waals surface area (Å²) in [5, 5.41) is 3.13. The van der Waals surface area contributed by atoms with Gasteiger partial charge in [0.2, 0.25) is 5.91 Å². The Morgan fingerprint density at radius 1 is 1.00 bits per heavy atom. The quantitative estimate of drug-likeness (QED) is 0.718. The highest BCUT2D eigenvalue weighted by atomic mass is 16.2. The zero-order valence-electron chi connectivity index (χ0n) is 15.6. The molecule has 0 aliphatic carbocycles. The number of amides is 2. The molecule has 1 aliphatic rings. The smallest absolute Gasteiger partial charge is 0.251 e. The molecule has 3 aromatic rings. The summed E-state index contributed by atoms with van der Waals surface area (Å²) in [6, 6.07) is 21.0. The minimum absolute atomic E-state index is 0.144. The van der Waals surface area contributed by atoms with Gasteiger partial charge in [0.15, 0.2) is 0 Å². The van der Waals surface area contributed by atoms with Gasteiger partial charge in [-0.2, -0.15) is 0 Å². The first-order valence-electron chi connectivity index (χ1n) is 9.58. The molecule has 1 saturated heterocycles. The monoisotopic (exact) mass is 373 g/mol. The molecule has 5 heteroatoms. The Morgan fingerprint density at radius 3 is 2.50 bits per heavy atom. The van der Waals surface area contributed by atoms with E-state index >= 15 is 0 Å². The number of rotatable bonds is 6. The summed E-state index contributed by atoms with van der Waals surface area (Å²) in [5.41, 5.74) is 2.53. The average Bonchev–Trinajstić information content (AvgIpc) is 3.41. The van der Waals surface area contributed by atoms with Crippen molar-refractivity contribution in [2.24, 2.45) is 0 Å². The van der Waals surface area contributed by atoms with Crippen LogP contribution in [0.15, 0.2) is 79.1 Å². The summed E-state index contributed by atoms with van der Waals surface area (Å²) in [5.74, 6) is 0.0132. The number of benzene rings is 2. The Balaban J connectivity index is 1.55. The molecule has 0 spiro atoms. The van der Waals surface area contributed by atoms with E-state index in [0.717, 1.165) is 24.2 Å². The first-order chi connectivity index (χ1) is 13.7. The van der Waals surface area contributed by atoms with Crippen LogP contribution in [0.5, 0.6) is 0 Å². The Kier molecular flexibility index (Phi) is 5.24. The molecule has 28 heavy (non-hydrogen) atoms. The van der Waals surface area contributed by atoms with Gasteiger partial charge in [-0.15, -0.1) is 0 Å². The molecule has 2 heterocycles. The fourth-order valence-corrected chi connectivity index (χ4v) is 3.59. The third-order valence-corrected chi connectivity index (χ3v) is 5.09. The molecule has 0 saturated carbocycles. The molecule has 1 N–H and O–H groups in total. The van der Waals surface area contributed by atoms with Crippen molar-refractivity contribution in [3.63, 3.8) is 0 Å². The van der Waals surface area contributed by atoms with Crippen LogP contribution in [0.1, 0.15) is 34.8 Å². The van der Waals surface area contributed by atoms with Crippen LogP contribution in [0.25, 0.3) is 5.69 Å². The van der Waals surface area contributed by atoms with Crippen molar-refractivity contribution in [1.29, 1.82) is 0 Å². The van der Waals surface area contributed by atoms with Gasteiger partial charge < -0.3 is 14.8 Å². The highest BCUT2D eigenvalue weighted by molar-refractivity contribution is 5.95. The van der Waals surface area contributed by atoms with E-state index in [1.165, 1.54) is 0 Å². The van der Waals surface area contributed by atoms with Gasteiger partial charge in [-0.1, -0.05) is 36.4 Å². The van der Waals surface area contributed by atoms with Crippen molar-refractivity contribution >= 4 is 11.8 Å². The van der Waals surface area contributed by atoms with Crippen LogP contribution in [-0.2, 0) is 4.79 Å². The molecular formula is C23H23N3O2. The van der Waals surface area contributed by atoms with Crippen LogP contribution in [0, 0.1) is 0 Å². The van der Waals surface area contributed by atoms with Crippen molar-refractivity contribution < 1.29 is 9.59 Å². The van der Waals surface area contributed by atoms with Gasteiger partial charge in [-0.25, -0.2) is 0 Å². The Hall–Kier alpha value is -3.34. The molecule has 4 rings (SSSR count). The highest BCUT2D eigenvalue weighted by Crippen LogP contribution is 2.20. The van der Waals surface area contributed by atoms with Crippen LogP contribution in [0.4, 0.5) is 0 Å². The van der Waals surface area contributed by atoms with E-state index < -0.39 is 0 Å². The summed E-state index contributed by atoms with van der Waals surface area (Å²) in [4.78, 5) is 26.9. The summed E-state index contributed by atoms with van der Waals surface area (Å²) in [6.07, 6.45) is 5.37. The van der Waals surface area contributed by atoms with E-state index in [9.17, 15) is 9.59 Å². The lowest BCUT2D eigenvalue weighted by Gasteiger charge is -2.25. The number of aromatic nitrogens is 1. The van der Waals surface area contributed by atoms with Crippen molar-refractivity contribution in [2.45, 2.75) is 18.9 Å². The number of nitrogens with zero attached hydrogens (tertiary/aromatic N) is 2. The molecule has 2 aromatic carbocycles. The SMILES string of the molecule is O=C(NC(CN1CCCC1=O)c1ccccc1)c1cccc(-n2cccc2)c1. The number of carbonyl (C=O) groups is 2. The molecule has 142 valence electrons. The summed E-state index contributed by atoms with van der Waals surface area (Å²) >= 11 is 0. The molecule has 1 atom stereocenters. The average molecular weight is 373 g/mol. The number of likely N-dealkylation sites (tertiary alicyclic amines) is 1. The molecular weight excluding hydrogens is 350 g/mol. The molecule has 1 aliphatic heterocycles. The molecule has 0 bridgehead atoms. The van der Waals surface area contributed by atoms with Crippen LogP contribution in [0.2, 0.25) is 0 Å². The zero-order chi connectivity index (χ0) is 19.3. The third-order valence-electron chi connectivity index (χ3n) is 5.09. The van der Waals surface area contributed by atoms with Crippen molar-refractivity contribution in [1.82, 2.24) is 14.8 Å². The lowest BCUT2D eigenvalue weighted by Crippen LogP contribution is -2.38. The van der Waals surface area contributed by atoms with Gasteiger partial charge in [0.1, 0.15) is 0 Å². The minimum atomic E-state index is -0.244. The van der Waals surface area contributed by atoms with Gasteiger partial charge in [0, 0.05) is 43.2 Å². The summed E-state index contributed by atoms with van der Waals surface area (Å²) in [7, 11) is 0. The van der Waals surface area contributed by atoms with Gasteiger partial charge >= 0.3 is 0 Å². The molecule has 5 nitrogen and oxygen atoms in total. The van der Waals surface area contributed by atoms with Crippen LogP contribution < -0.4 is 5.32 Å². The van der Waals surface area contributed by atoms with E-state index in [2.05, 4.69) is 5.32 Å². The summed E-state index contributed by atoms with van der Waals surface area (Å²) < 4.78 is 1.97. The lowest BCUT2D eigenvalue weighted by atomic mass is 10.1.